The van der Waals surface area contributed by atoms with Crippen LogP contribution in [0, 0.1) is 0 Å². The van der Waals surface area contributed by atoms with Crippen molar-refractivity contribution in [1.29, 1.82) is 0 Å². The Labute approximate surface area is 87.0 Å². The summed E-state index contributed by atoms with van der Waals surface area (Å²) in [6, 6.07) is 0. The van der Waals surface area contributed by atoms with Crippen LogP contribution in [0.25, 0.3) is 0 Å². The van der Waals surface area contributed by atoms with Gasteiger partial charge in [-0.2, -0.15) is 0 Å². The van der Waals surface area contributed by atoms with Gasteiger partial charge in [0.1, 0.15) is 5.01 Å². The van der Waals surface area contributed by atoms with Crippen molar-refractivity contribution >= 4 is 17.2 Å². The first-order valence-electron chi connectivity index (χ1n) is 4.57. The molecule has 0 atom stereocenters. The van der Waals surface area contributed by atoms with Crippen LogP contribution < -0.4 is 5.32 Å². The summed E-state index contributed by atoms with van der Waals surface area (Å²) in [6.45, 7) is 2.65. The summed E-state index contributed by atoms with van der Waals surface area (Å²) in [6.07, 6.45) is 1.25. The van der Waals surface area contributed by atoms with E-state index in [9.17, 15) is 4.79 Å². The third-order valence-electron chi connectivity index (χ3n) is 1.65. The number of hydrogen-bond donors (Lipinski definition) is 2. The van der Waals surface area contributed by atoms with E-state index in [1.165, 1.54) is 11.3 Å². The summed E-state index contributed by atoms with van der Waals surface area (Å²) in [4.78, 5) is 15.3. The normalized spacial score (nSPS) is 10.1. The van der Waals surface area contributed by atoms with Gasteiger partial charge in [-0.25, -0.2) is 4.98 Å². The number of hydrogen-bond acceptors (Lipinski definition) is 4. The van der Waals surface area contributed by atoms with Gasteiger partial charge in [-0.05, 0) is 6.42 Å². The van der Waals surface area contributed by atoms with Crippen LogP contribution in [0.5, 0.6) is 0 Å². The highest BCUT2D eigenvalue weighted by Crippen LogP contribution is 2.09. The third-order valence-corrected chi connectivity index (χ3v) is 2.54. The zero-order valence-electron chi connectivity index (χ0n) is 8.12. The van der Waals surface area contributed by atoms with Crippen molar-refractivity contribution < 1.29 is 9.90 Å². The molecule has 1 heterocycles. The van der Waals surface area contributed by atoms with Gasteiger partial charge >= 0.3 is 0 Å². The second-order valence-electron chi connectivity index (χ2n) is 2.92. The molecule has 1 aromatic heterocycles. The number of amides is 1. The molecule has 14 heavy (non-hydrogen) atoms. The van der Waals surface area contributed by atoms with Crippen molar-refractivity contribution in [1.82, 2.24) is 10.3 Å². The maximum atomic E-state index is 11.3. The number of rotatable bonds is 5. The summed E-state index contributed by atoms with van der Waals surface area (Å²) >= 11 is 1.40. The summed E-state index contributed by atoms with van der Waals surface area (Å²) < 4.78 is 0. The molecule has 2 N–H and O–H groups in total. The molecule has 78 valence electrons. The fraction of sp³-hybridized carbons (Fsp3) is 0.556. The van der Waals surface area contributed by atoms with Crippen LogP contribution in [-0.4, -0.2) is 22.5 Å². The van der Waals surface area contributed by atoms with Crippen LogP contribution in [0.2, 0.25) is 0 Å². The second-order valence-corrected chi connectivity index (χ2v) is 3.86. The highest BCUT2D eigenvalue weighted by molar-refractivity contribution is 7.09. The lowest BCUT2D eigenvalue weighted by molar-refractivity contribution is -0.120. The van der Waals surface area contributed by atoms with Gasteiger partial charge in [0.05, 0.1) is 18.7 Å². The average Bonchev–Trinajstić information content (AvgIpc) is 2.62. The molecule has 0 aromatic carbocycles. The summed E-state index contributed by atoms with van der Waals surface area (Å²) in [5.74, 6) is -0.00862. The summed E-state index contributed by atoms with van der Waals surface area (Å²) in [7, 11) is 0. The van der Waals surface area contributed by atoms with E-state index in [4.69, 9.17) is 5.11 Å². The standard InChI is InChI=1S/C9H14N2O2S/c1-2-3-10-8(13)4-9-11-7(5-12)6-14-9/h6,12H,2-5H2,1H3,(H,10,13). The molecule has 5 heteroatoms. The number of nitrogens with one attached hydrogen (secondary N) is 1. The number of carbonyl (C=O) groups excluding carboxylic acids is 1. The Bertz CT molecular complexity index is 299. The zero-order chi connectivity index (χ0) is 10.4. The lowest BCUT2D eigenvalue weighted by Crippen LogP contribution is -2.25. The van der Waals surface area contributed by atoms with E-state index in [0.29, 0.717) is 18.7 Å². The monoisotopic (exact) mass is 214 g/mol. The van der Waals surface area contributed by atoms with Crippen LogP contribution in [0.1, 0.15) is 24.0 Å². The number of aliphatic hydroxyl groups is 1. The molecule has 0 saturated heterocycles. The van der Waals surface area contributed by atoms with E-state index >= 15 is 0 Å². The summed E-state index contributed by atoms with van der Waals surface area (Å²) in [5.41, 5.74) is 0.633. The first kappa shape index (κ1) is 11.1. The third kappa shape index (κ3) is 3.43. The lowest BCUT2D eigenvalue weighted by atomic mass is 10.4. The predicted molar refractivity (Wildman–Crippen MR) is 55.0 cm³/mol. The Kier molecular flexibility index (Phi) is 4.55. The molecule has 0 radical (unpaired) electrons. The molecule has 0 spiro atoms. The Morgan fingerprint density at radius 1 is 1.71 bits per heavy atom. The minimum absolute atomic E-state index is 0.00862. The molecule has 0 aliphatic carbocycles. The molecule has 0 fully saturated rings. The van der Waals surface area contributed by atoms with Gasteiger partial charge in [0.2, 0.25) is 5.91 Å². The number of aliphatic hydroxyl groups excluding tert-OH is 1. The Hall–Kier alpha value is -0.940. The van der Waals surface area contributed by atoms with Crippen molar-refractivity contribution in [2.45, 2.75) is 26.4 Å². The molecule has 4 nitrogen and oxygen atoms in total. The first-order valence-corrected chi connectivity index (χ1v) is 5.45. The molecule has 0 aliphatic heterocycles. The zero-order valence-corrected chi connectivity index (χ0v) is 8.93. The van der Waals surface area contributed by atoms with E-state index in [1.807, 2.05) is 6.92 Å². The van der Waals surface area contributed by atoms with Gasteiger partial charge in [-0.15, -0.1) is 11.3 Å². The number of thiazole rings is 1. The molecule has 1 amide bonds. The molecule has 0 saturated carbocycles. The van der Waals surface area contributed by atoms with Gasteiger partial charge in [0.15, 0.2) is 0 Å². The van der Waals surface area contributed by atoms with Crippen molar-refractivity contribution in [2.24, 2.45) is 0 Å². The van der Waals surface area contributed by atoms with E-state index in [-0.39, 0.29) is 12.5 Å². The predicted octanol–water partition coefficient (Wildman–Crippen LogP) is 0.704. The maximum Gasteiger partial charge on any atom is 0.226 e. The maximum absolute atomic E-state index is 11.3. The van der Waals surface area contributed by atoms with E-state index < -0.39 is 0 Å². The first-order chi connectivity index (χ1) is 6.76. The van der Waals surface area contributed by atoms with Gasteiger partial charge in [-0.1, -0.05) is 6.92 Å². The van der Waals surface area contributed by atoms with E-state index in [1.54, 1.807) is 5.38 Å². The van der Waals surface area contributed by atoms with Crippen LogP contribution in [-0.2, 0) is 17.8 Å². The smallest absolute Gasteiger partial charge is 0.226 e. The van der Waals surface area contributed by atoms with Crippen LogP contribution in [0.15, 0.2) is 5.38 Å². The Morgan fingerprint density at radius 2 is 2.50 bits per heavy atom. The van der Waals surface area contributed by atoms with Crippen LogP contribution >= 0.6 is 11.3 Å². The SMILES string of the molecule is CCCNC(=O)Cc1nc(CO)cs1. The molecule has 1 aromatic rings. The second kappa shape index (κ2) is 5.72. The molecular weight excluding hydrogens is 200 g/mol. The van der Waals surface area contributed by atoms with Crippen LogP contribution in [0.3, 0.4) is 0 Å². The minimum atomic E-state index is -0.0624. The van der Waals surface area contributed by atoms with Crippen molar-refractivity contribution in [3.05, 3.63) is 16.1 Å². The van der Waals surface area contributed by atoms with Crippen molar-refractivity contribution in [2.75, 3.05) is 6.54 Å². The Morgan fingerprint density at radius 3 is 3.07 bits per heavy atom. The number of carbonyl (C=O) groups is 1. The molecule has 1 rings (SSSR count). The van der Waals surface area contributed by atoms with Crippen molar-refractivity contribution in [3.63, 3.8) is 0 Å². The molecule has 0 bridgehead atoms. The van der Waals surface area contributed by atoms with Gasteiger partial charge < -0.3 is 10.4 Å². The quantitative estimate of drug-likeness (QED) is 0.758. The van der Waals surface area contributed by atoms with Crippen molar-refractivity contribution in [3.8, 4) is 0 Å². The lowest BCUT2D eigenvalue weighted by Gasteiger charge is -2.00. The Balaban J connectivity index is 2.39. The highest BCUT2D eigenvalue weighted by atomic mass is 32.1. The minimum Gasteiger partial charge on any atom is -0.390 e. The topological polar surface area (TPSA) is 62.2 Å². The molecule has 0 unspecified atom stereocenters. The van der Waals surface area contributed by atoms with Crippen LogP contribution in [0.4, 0.5) is 0 Å². The average molecular weight is 214 g/mol. The highest BCUT2D eigenvalue weighted by Gasteiger charge is 2.06. The number of aromatic nitrogens is 1. The molecular formula is C9H14N2O2S. The van der Waals surface area contributed by atoms with Gasteiger partial charge in [-0.3, -0.25) is 4.79 Å². The number of nitrogens with zero attached hydrogens (tertiary/aromatic N) is 1. The van der Waals surface area contributed by atoms with Gasteiger partial charge in [0, 0.05) is 11.9 Å². The largest absolute Gasteiger partial charge is 0.390 e. The van der Waals surface area contributed by atoms with Gasteiger partial charge in [0.25, 0.3) is 0 Å². The molecule has 0 aliphatic rings. The fourth-order valence-electron chi connectivity index (χ4n) is 0.967. The summed E-state index contributed by atoms with van der Waals surface area (Å²) in [5, 5.41) is 14.1. The van der Waals surface area contributed by atoms with E-state index in [2.05, 4.69) is 10.3 Å². The fourth-order valence-corrected chi connectivity index (χ4v) is 1.75. The van der Waals surface area contributed by atoms with E-state index in [0.717, 1.165) is 11.4 Å².